The number of imidazole rings is 1. The number of nitrogens with one attached hydrogen (secondary N) is 2. The quantitative estimate of drug-likeness (QED) is 0.690. The van der Waals surface area contributed by atoms with Crippen molar-refractivity contribution in [3.8, 4) is 0 Å². The fourth-order valence-electron chi connectivity index (χ4n) is 2.65. The van der Waals surface area contributed by atoms with Crippen molar-refractivity contribution >= 4 is 23.0 Å². The third kappa shape index (κ3) is 3.12. The van der Waals surface area contributed by atoms with Crippen LogP contribution in [0.5, 0.6) is 0 Å². The molecule has 2 N–H and O–H groups in total. The molecule has 1 aliphatic rings. The maximum atomic E-state index is 13.8. The zero-order valence-corrected chi connectivity index (χ0v) is 13.8. The van der Waals surface area contributed by atoms with Gasteiger partial charge in [-0.05, 0) is 37.1 Å². The fraction of sp³-hybridized carbons (Fsp3) is 0.167. The van der Waals surface area contributed by atoms with Crippen LogP contribution in [0.25, 0.3) is 5.52 Å². The number of rotatable bonds is 4. The average molecular weight is 374 g/mol. The van der Waals surface area contributed by atoms with Crippen LogP contribution in [-0.4, -0.2) is 27.2 Å². The van der Waals surface area contributed by atoms with Crippen LogP contribution in [0.15, 0.2) is 36.5 Å². The summed E-state index contributed by atoms with van der Waals surface area (Å²) in [6.07, 6.45) is 3.34. The number of pyridine rings is 1. The molecule has 6 nitrogen and oxygen atoms in total. The molecule has 1 aliphatic carbocycles. The van der Waals surface area contributed by atoms with Crippen LogP contribution in [0.2, 0.25) is 0 Å². The number of carbonyl (C=O) groups is 2. The van der Waals surface area contributed by atoms with Gasteiger partial charge in [0.05, 0.1) is 11.2 Å². The topological polar surface area (TPSA) is 75.5 Å². The Morgan fingerprint density at radius 1 is 1.04 bits per heavy atom. The lowest BCUT2D eigenvalue weighted by molar-refractivity contribution is 0.0940. The van der Waals surface area contributed by atoms with Crippen molar-refractivity contribution in [2.24, 2.45) is 0 Å². The summed E-state index contributed by atoms with van der Waals surface area (Å²) in [4.78, 5) is 29.0. The van der Waals surface area contributed by atoms with Gasteiger partial charge in [0, 0.05) is 12.2 Å². The van der Waals surface area contributed by atoms with E-state index in [1.165, 1.54) is 4.40 Å². The Hall–Kier alpha value is -3.36. The van der Waals surface area contributed by atoms with E-state index < -0.39 is 35.0 Å². The van der Waals surface area contributed by atoms with E-state index in [4.69, 9.17) is 0 Å². The summed E-state index contributed by atoms with van der Waals surface area (Å²) in [6.45, 7) is 0. The van der Waals surface area contributed by atoms with Crippen LogP contribution in [0.1, 0.15) is 33.9 Å². The van der Waals surface area contributed by atoms with Gasteiger partial charge in [0.2, 0.25) is 5.82 Å². The number of nitrogens with zero attached hydrogens (tertiary/aromatic N) is 2. The Bertz CT molecular complexity index is 1080. The first-order valence-electron chi connectivity index (χ1n) is 8.18. The summed E-state index contributed by atoms with van der Waals surface area (Å²) >= 11 is 0. The molecule has 1 aromatic carbocycles. The number of hydrogen-bond acceptors (Lipinski definition) is 3. The van der Waals surface area contributed by atoms with Gasteiger partial charge in [-0.3, -0.25) is 14.0 Å². The lowest BCUT2D eigenvalue weighted by Crippen LogP contribution is -2.27. The number of fused-ring (bicyclic) bond motifs is 1. The largest absolute Gasteiger partial charge is 0.347 e. The van der Waals surface area contributed by atoms with Gasteiger partial charge in [-0.25, -0.2) is 18.2 Å². The van der Waals surface area contributed by atoms with Crippen LogP contribution in [-0.2, 0) is 0 Å². The summed E-state index contributed by atoms with van der Waals surface area (Å²) in [5.74, 6) is -5.85. The average Bonchev–Trinajstić information content (AvgIpc) is 3.38. The van der Waals surface area contributed by atoms with Crippen LogP contribution >= 0.6 is 0 Å². The normalized spacial score (nSPS) is 13.6. The highest BCUT2D eigenvalue weighted by molar-refractivity contribution is 6.09. The van der Waals surface area contributed by atoms with Crippen molar-refractivity contribution in [3.05, 3.63) is 65.5 Å². The molecule has 2 aromatic heterocycles. The van der Waals surface area contributed by atoms with E-state index >= 15 is 0 Å². The van der Waals surface area contributed by atoms with Crippen molar-refractivity contribution in [1.82, 2.24) is 14.7 Å². The summed E-state index contributed by atoms with van der Waals surface area (Å²) in [5, 5.41) is 4.95. The Balaban J connectivity index is 1.70. The highest BCUT2D eigenvalue weighted by atomic mass is 19.2. The molecule has 0 radical (unpaired) electrons. The second-order valence-electron chi connectivity index (χ2n) is 6.16. The van der Waals surface area contributed by atoms with E-state index in [0.29, 0.717) is 11.6 Å². The molecular formula is C18H13F3N4O2. The van der Waals surface area contributed by atoms with Gasteiger partial charge in [0.25, 0.3) is 11.8 Å². The Morgan fingerprint density at radius 2 is 1.81 bits per heavy atom. The summed E-state index contributed by atoms with van der Waals surface area (Å²) in [5.41, 5.74) is -0.348. The molecule has 2 heterocycles. The van der Waals surface area contributed by atoms with E-state index in [9.17, 15) is 22.8 Å². The Labute approximate surface area is 151 Å². The van der Waals surface area contributed by atoms with Gasteiger partial charge >= 0.3 is 0 Å². The van der Waals surface area contributed by atoms with E-state index in [-0.39, 0.29) is 17.6 Å². The molecule has 4 rings (SSSR count). The van der Waals surface area contributed by atoms with Gasteiger partial charge < -0.3 is 10.6 Å². The highest BCUT2D eigenvalue weighted by Crippen LogP contribution is 2.22. The molecule has 0 atom stereocenters. The van der Waals surface area contributed by atoms with Crippen molar-refractivity contribution in [2.45, 2.75) is 18.9 Å². The third-order valence-corrected chi connectivity index (χ3v) is 4.16. The van der Waals surface area contributed by atoms with Crippen LogP contribution in [0, 0.1) is 17.5 Å². The molecule has 138 valence electrons. The molecule has 0 spiro atoms. The monoisotopic (exact) mass is 374 g/mol. The standard InChI is InChI=1S/C18H13F3N4O2/c19-10-6-7-11(14(21)13(10)20)23-17(26)15-12-3-1-2-8-25(12)16(24-15)18(27)22-9-4-5-9/h1-3,6-9H,4-5H2,(H,22,27)(H,23,26). The molecule has 1 fully saturated rings. The number of amides is 2. The second-order valence-corrected chi connectivity index (χ2v) is 6.16. The van der Waals surface area contributed by atoms with Crippen molar-refractivity contribution in [2.75, 3.05) is 5.32 Å². The summed E-state index contributed by atoms with van der Waals surface area (Å²) in [6, 6.07) is 6.59. The molecule has 0 saturated heterocycles. The van der Waals surface area contributed by atoms with Crippen LogP contribution in [0.4, 0.5) is 18.9 Å². The predicted molar refractivity (Wildman–Crippen MR) is 89.9 cm³/mol. The van der Waals surface area contributed by atoms with Gasteiger partial charge in [-0.2, -0.15) is 0 Å². The molecule has 0 aliphatic heterocycles. The Morgan fingerprint density at radius 3 is 2.56 bits per heavy atom. The van der Waals surface area contributed by atoms with Crippen molar-refractivity contribution in [1.29, 1.82) is 0 Å². The molecule has 3 aromatic rings. The lowest BCUT2D eigenvalue weighted by atomic mass is 10.2. The first-order chi connectivity index (χ1) is 13.0. The zero-order chi connectivity index (χ0) is 19.1. The maximum absolute atomic E-state index is 13.8. The molecule has 0 bridgehead atoms. The fourth-order valence-corrected chi connectivity index (χ4v) is 2.65. The smallest absolute Gasteiger partial charge is 0.287 e. The molecular weight excluding hydrogens is 361 g/mol. The van der Waals surface area contributed by atoms with Crippen LogP contribution < -0.4 is 10.6 Å². The minimum Gasteiger partial charge on any atom is -0.347 e. The minimum atomic E-state index is -1.69. The first-order valence-corrected chi connectivity index (χ1v) is 8.18. The summed E-state index contributed by atoms with van der Waals surface area (Å²) in [7, 11) is 0. The molecule has 1 saturated carbocycles. The van der Waals surface area contributed by atoms with Crippen molar-refractivity contribution in [3.63, 3.8) is 0 Å². The third-order valence-electron chi connectivity index (χ3n) is 4.16. The van der Waals surface area contributed by atoms with E-state index in [2.05, 4.69) is 15.6 Å². The zero-order valence-electron chi connectivity index (χ0n) is 13.8. The number of benzene rings is 1. The number of hydrogen-bond donors (Lipinski definition) is 2. The van der Waals surface area contributed by atoms with Gasteiger partial charge in [-0.15, -0.1) is 0 Å². The molecule has 0 unspecified atom stereocenters. The molecule has 27 heavy (non-hydrogen) atoms. The van der Waals surface area contributed by atoms with Gasteiger partial charge in [0.15, 0.2) is 23.1 Å². The predicted octanol–water partition coefficient (Wildman–Crippen LogP) is 2.90. The highest BCUT2D eigenvalue weighted by Gasteiger charge is 2.28. The minimum absolute atomic E-state index is 0.00779. The number of carbonyl (C=O) groups excluding carboxylic acids is 2. The van der Waals surface area contributed by atoms with E-state index in [1.54, 1.807) is 24.4 Å². The Kier molecular flexibility index (Phi) is 4.06. The maximum Gasteiger partial charge on any atom is 0.287 e. The van der Waals surface area contributed by atoms with Gasteiger partial charge in [-0.1, -0.05) is 6.07 Å². The van der Waals surface area contributed by atoms with E-state index in [0.717, 1.165) is 18.9 Å². The SMILES string of the molecule is O=C(Nc1ccc(F)c(F)c1F)c1nc(C(=O)NC2CC2)n2ccccc12. The number of anilines is 1. The second kappa shape index (κ2) is 6.42. The lowest BCUT2D eigenvalue weighted by Gasteiger charge is -2.06. The molecule has 9 heteroatoms. The number of halogens is 3. The van der Waals surface area contributed by atoms with Gasteiger partial charge in [0.1, 0.15) is 0 Å². The first kappa shape index (κ1) is 17.1. The van der Waals surface area contributed by atoms with Crippen LogP contribution in [0.3, 0.4) is 0 Å². The van der Waals surface area contributed by atoms with Crippen molar-refractivity contribution < 1.29 is 22.8 Å². The number of aromatic nitrogens is 2. The van der Waals surface area contributed by atoms with E-state index in [1.807, 2.05) is 0 Å². The molecule has 2 amide bonds. The summed E-state index contributed by atoms with van der Waals surface area (Å²) < 4.78 is 41.7.